The molecular formula is C8H11N3O2. The van der Waals surface area contributed by atoms with E-state index in [1.165, 1.54) is 0 Å². The van der Waals surface area contributed by atoms with Crippen LogP contribution in [-0.4, -0.2) is 23.0 Å². The maximum Gasteiger partial charge on any atom is 0.233 e. The van der Waals surface area contributed by atoms with E-state index in [2.05, 4.69) is 15.5 Å². The van der Waals surface area contributed by atoms with E-state index < -0.39 is 0 Å². The van der Waals surface area contributed by atoms with E-state index >= 15 is 0 Å². The Morgan fingerprint density at radius 1 is 1.69 bits per heavy atom. The summed E-state index contributed by atoms with van der Waals surface area (Å²) in [6.07, 6.45) is 3.15. The molecule has 1 N–H and O–H groups in total. The molecule has 2 rings (SSSR count). The minimum absolute atomic E-state index is 0.208. The Kier molecular flexibility index (Phi) is 2.35. The van der Waals surface area contributed by atoms with Crippen LogP contribution in [-0.2, 0) is 11.2 Å². The highest BCUT2D eigenvalue weighted by molar-refractivity contribution is 5.52. The molecule has 5 nitrogen and oxygen atoms in total. The first kappa shape index (κ1) is 8.37. The number of rotatable bonds is 3. The molecule has 0 amide bonds. The van der Waals surface area contributed by atoms with Gasteiger partial charge >= 0.3 is 0 Å². The van der Waals surface area contributed by atoms with E-state index in [4.69, 9.17) is 4.52 Å². The first-order chi connectivity index (χ1) is 6.40. The van der Waals surface area contributed by atoms with Crippen molar-refractivity contribution < 1.29 is 9.32 Å². The van der Waals surface area contributed by atoms with E-state index in [1.54, 1.807) is 0 Å². The molecule has 1 saturated heterocycles. The summed E-state index contributed by atoms with van der Waals surface area (Å²) in [7, 11) is 0. The Morgan fingerprint density at radius 2 is 2.62 bits per heavy atom. The number of nitrogens with zero attached hydrogens (tertiary/aromatic N) is 2. The zero-order chi connectivity index (χ0) is 9.10. The van der Waals surface area contributed by atoms with Crippen molar-refractivity contribution in [3.8, 4) is 0 Å². The summed E-state index contributed by atoms with van der Waals surface area (Å²) in [5, 5.41) is 7.06. The van der Waals surface area contributed by atoms with Crippen molar-refractivity contribution in [2.24, 2.45) is 0 Å². The van der Waals surface area contributed by atoms with Gasteiger partial charge in [0.15, 0.2) is 5.82 Å². The van der Waals surface area contributed by atoms with Crippen molar-refractivity contribution in [1.29, 1.82) is 0 Å². The van der Waals surface area contributed by atoms with E-state index in [-0.39, 0.29) is 12.5 Å². The third-order valence-electron chi connectivity index (χ3n) is 2.11. The monoisotopic (exact) mass is 181 g/mol. The molecule has 1 atom stereocenters. The first-order valence-corrected chi connectivity index (χ1v) is 4.39. The topological polar surface area (TPSA) is 68.0 Å². The molecule has 0 spiro atoms. The molecule has 13 heavy (non-hydrogen) atoms. The zero-order valence-corrected chi connectivity index (χ0v) is 7.19. The van der Waals surface area contributed by atoms with Crippen molar-refractivity contribution >= 4 is 6.29 Å². The van der Waals surface area contributed by atoms with Crippen LogP contribution < -0.4 is 5.32 Å². The molecule has 1 unspecified atom stereocenters. The fraction of sp³-hybridized carbons (Fsp3) is 0.625. The van der Waals surface area contributed by atoms with Crippen molar-refractivity contribution in [3.05, 3.63) is 11.7 Å². The molecule has 5 heteroatoms. The van der Waals surface area contributed by atoms with Crippen LogP contribution in [0.4, 0.5) is 0 Å². The van der Waals surface area contributed by atoms with Crippen molar-refractivity contribution in [1.82, 2.24) is 15.5 Å². The smallest absolute Gasteiger partial charge is 0.233 e. The van der Waals surface area contributed by atoms with E-state index in [0.717, 1.165) is 25.7 Å². The summed E-state index contributed by atoms with van der Waals surface area (Å²) in [5.74, 6) is 1.08. The number of hydrogen-bond acceptors (Lipinski definition) is 5. The molecule has 0 bridgehead atoms. The largest absolute Gasteiger partial charge is 0.339 e. The molecule has 1 aromatic rings. The molecule has 70 valence electrons. The molecule has 0 aliphatic carbocycles. The minimum atomic E-state index is 0.208. The summed E-state index contributed by atoms with van der Waals surface area (Å²) in [6.45, 7) is 1.00. The van der Waals surface area contributed by atoms with Gasteiger partial charge in [-0.15, -0.1) is 0 Å². The van der Waals surface area contributed by atoms with E-state index in [0.29, 0.717) is 11.7 Å². The van der Waals surface area contributed by atoms with Gasteiger partial charge in [0.1, 0.15) is 6.29 Å². The van der Waals surface area contributed by atoms with Gasteiger partial charge in [-0.25, -0.2) is 0 Å². The lowest BCUT2D eigenvalue weighted by atomic mass is 10.2. The highest BCUT2D eigenvalue weighted by Crippen LogP contribution is 2.19. The standard InChI is InChI=1S/C8H11N3O2/c12-5-3-7-10-8(11-13-7)6-2-1-4-9-6/h5-6,9H,1-4H2. The lowest BCUT2D eigenvalue weighted by molar-refractivity contribution is -0.107. The van der Waals surface area contributed by atoms with Crippen molar-refractivity contribution in [2.75, 3.05) is 6.54 Å². The van der Waals surface area contributed by atoms with Crippen LogP contribution in [0.2, 0.25) is 0 Å². The van der Waals surface area contributed by atoms with Crippen LogP contribution in [0.1, 0.15) is 30.6 Å². The molecule has 0 saturated carbocycles. The summed E-state index contributed by atoms with van der Waals surface area (Å²) in [4.78, 5) is 14.3. The van der Waals surface area contributed by atoms with Crippen LogP contribution in [0.25, 0.3) is 0 Å². The maximum absolute atomic E-state index is 10.2. The van der Waals surface area contributed by atoms with Gasteiger partial charge in [-0.1, -0.05) is 5.16 Å². The number of aldehydes is 1. The summed E-state index contributed by atoms with van der Waals surface area (Å²) in [6, 6.07) is 0.212. The zero-order valence-electron chi connectivity index (χ0n) is 7.19. The van der Waals surface area contributed by atoms with Crippen LogP contribution in [0.15, 0.2) is 4.52 Å². The van der Waals surface area contributed by atoms with Gasteiger partial charge in [-0.05, 0) is 19.4 Å². The fourth-order valence-corrected chi connectivity index (χ4v) is 1.47. The molecule has 1 aliphatic rings. The van der Waals surface area contributed by atoms with Gasteiger partial charge in [0.25, 0.3) is 0 Å². The van der Waals surface area contributed by atoms with Crippen LogP contribution in [0, 0.1) is 0 Å². The Hall–Kier alpha value is -1.23. The maximum atomic E-state index is 10.2. The third kappa shape index (κ3) is 1.75. The molecule has 2 heterocycles. The third-order valence-corrected chi connectivity index (χ3v) is 2.11. The predicted molar refractivity (Wildman–Crippen MR) is 44.0 cm³/mol. The van der Waals surface area contributed by atoms with Crippen molar-refractivity contribution in [3.63, 3.8) is 0 Å². The average Bonchev–Trinajstić information content (AvgIpc) is 2.70. The fourth-order valence-electron chi connectivity index (χ4n) is 1.47. The number of nitrogens with one attached hydrogen (secondary N) is 1. The van der Waals surface area contributed by atoms with Gasteiger partial charge in [0.2, 0.25) is 5.89 Å². The van der Waals surface area contributed by atoms with Gasteiger partial charge in [0.05, 0.1) is 12.5 Å². The number of hydrogen-bond donors (Lipinski definition) is 1. The second-order valence-electron chi connectivity index (χ2n) is 3.07. The Morgan fingerprint density at radius 3 is 3.31 bits per heavy atom. The molecular weight excluding hydrogens is 170 g/mol. The van der Waals surface area contributed by atoms with Gasteiger partial charge in [0, 0.05) is 0 Å². The van der Waals surface area contributed by atoms with Gasteiger partial charge in [-0.2, -0.15) is 4.98 Å². The number of aromatic nitrogens is 2. The summed E-state index contributed by atoms with van der Waals surface area (Å²) < 4.78 is 4.89. The predicted octanol–water partition coefficient (Wildman–Crippen LogP) is 0.235. The molecule has 1 fully saturated rings. The van der Waals surface area contributed by atoms with Gasteiger partial charge in [-0.3, -0.25) is 0 Å². The number of carbonyl (C=O) groups is 1. The molecule has 0 aromatic carbocycles. The van der Waals surface area contributed by atoms with Gasteiger partial charge < -0.3 is 14.6 Å². The molecule has 1 aromatic heterocycles. The molecule has 0 radical (unpaired) electrons. The van der Waals surface area contributed by atoms with Crippen LogP contribution in [0.5, 0.6) is 0 Å². The van der Waals surface area contributed by atoms with E-state index in [1.807, 2.05) is 0 Å². The van der Waals surface area contributed by atoms with E-state index in [9.17, 15) is 4.79 Å². The molecule has 1 aliphatic heterocycles. The van der Waals surface area contributed by atoms with Crippen molar-refractivity contribution in [2.45, 2.75) is 25.3 Å². The Balaban J connectivity index is 2.07. The summed E-state index contributed by atoms with van der Waals surface area (Å²) >= 11 is 0. The highest BCUT2D eigenvalue weighted by atomic mass is 16.5. The average molecular weight is 181 g/mol. The lowest BCUT2D eigenvalue weighted by Gasteiger charge is -2.01. The lowest BCUT2D eigenvalue weighted by Crippen LogP contribution is -2.14. The second kappa shape index (κ2) is 3.66. The van der Waals surface area contributed by atoms with Crippen LogP contribution >= 0.6 is 0 Å². The normalized spacial score (nSPS) is 22.0. The first-order valence-electron chi connectivity index (χ1n) is 4.39. The quantitative estimate of drug-likeness (QED) is 0.676. The Labute approximate surface area is 75.5 Å². The highest BCUT2D eigenvalue weighted by Gasteiger charge is 2.21. The summed E-state index contributed by atoms with van der Waals surface area (Å²) in [5.41, 5.74) is 0. The SMILES string of the molecule is O=CCc1nc(C2CCCN2)no1. The second-order valence-corrected chi connectivity index (χ2v) is 3.07. The van der Waals surface area contributed by atoms with Crippen LogP contribution in [0.3, 0.4) is 0 Å². The Bertz CT molecular complexity index is 291. The minimum Gasteiger partial charge on any atom is -0.339 e. The number of carbonyl (C=O) groups excluding carboxylic acids is 1.